The van der Waals surface area contributed by atoms with E-state index in [4.69, 9.17) is 13.9 Å². The number of carbonyl (C=O) groups excluding carboxylic acids is 2. The van der Waals surface area contributed by atoms with Gasteiger partial charge in [0.15, 0.2) is 0 Å². The Balaban J connectivity index is 1.78. The minimum atomic E-state index is -0.774. The molecule has 0 aliphatic heterocycles. The topological polar surface area (TPSA) is 94.8 Å². The van der Waals surface area contributed by atoms with Crippen LogP contribution in [0.2, 0.25) is 0 Å². The van der Waals surface area contributed by atoms with Gasteiger partial charge < -0.3 is 19.2 Å². The van der Waals surface area contributed by atoms with Gasteiger partial charge in [0.1, 0.15) is 16.9 Å². The number of carbonyl (C=O) groups is 2. The summed E-state index contributed by atoms with van der Waals surface area (Å²) in [6, 6.07) is 13.3. The normalized spacial score (nSPS) is 11.4. The molecule has 1 amide bonds. The molecule has 0 saturated carbocycles. The number of benzene rings is 2. The van der Waals surface area contributed by atoms with Crippen molar-refractivity contribution in [1.82, 2.24) is 5.32 Å². The molecule has 0 atom stereocenters. The van der Waals surface area contributed by atoms with Crippen LogP contribution in [0.15, 0.2) is 57.7 Å². The van der Waals surface area contributed by atoms with Gasteiger partial charge in [-0.3, -0.25) is 4.79 Å². The molecule has 0 aliphatic carbocycles. The average Bonchev–Trinajstić information content (AvgIpc) is 2.72. The maximum Gasteiger partial charge on any atom is 0.349 e. The summed E-state index contributed by atoms with van der Waals surface area (Å²) in [6.45, 7) is 6.89. The number of hydrogen-bond donors (Lipinski definition) is 1. The first-order valence-electron chi connectivity index (χ1n) is 9.87. The second-order valence-electron chi connectivity index (χ2n) is 8.11. The van der Waals surface area contributed by atoms with Crippen LogP contribution >= 0.6 is 0 Å². The molecule has 0 radical (unpaired) electrons. The van der Waals surface area contributed by atoms with Crippen LogP contribution in [-0.2, 0) is 10.2 Å². The van der Waals surface area contributed by atoms with Crippen LogP contribution in [0.4, 0.5) is 0 Å². The van der Waals surface area contributed by atoms with Gasteiger partial charge in [-0.15, -0.1) is 0 Å². The van der Waals surface area contributed by atoms with Gasteiger partial charge in [-0.2, -0.15) is 0 Å². The molecule has 0 spiro atoms. The first-order valence-corrected chi connectivity index (χ1v) is 9.87. The molecule has 3 rings (SSSR count). The quantitative estimate of drug-likeness (QED) is 0.281. The van der Waals surface area contributed by atoms with E-state index in [0.29, 0.717) is 17.6 Å². The monoisotopic (exact) mass is 423 g/mol. The number of rotatable bonds is 6. The van der Waals surface area contributed by atoms with Gasteiger partial charge in [-0.1, -0.05) is 32.9 Å². The van der Waals surface area contributed by atoms with E-state index in [1.54, 1.807) is 24.3 Å². The summed E-state index contributed by atoms with van der Waals surface area (Å²) in [5.41, 5.74) is 0.844. The predicted molar refractivity (Wildman–Crippen MR) is 117 cm³/mol. The van der Waals surface area contributed by atoms with Crippen molar-refractivity contribution in [1.29, 1.82) is 0 Å². The lowest BCUT2D eigenvalue weighted by atomic mass is 9.87. The van der Waals surface area contributed by atoms with E-state index in [1.807, 2.05) is 12.1 Å². The highest BCUT2D eigenvalue weighted by atomic mass is 16.5. The van der Waals surface area contributed by atoms with Crippen LogP contribution < -0.4 is 15.7 Å². The maximum absolute atomic E-state index is 12.5. The van der Waals surface area contributed by atoms with Crippen LogP contribution in [0.3, 0.4) is 0 Å². The number of fused-ring (bicyclic) bond motifs is 1. The molecule has 0 bridgehead atoms. The van der Waals surface area contributed by atoms with Crippen LogP contribution in [0.1, 0.15) is 47.1 Å². The Kier molecular flexibility index (Phi) is 6.56. The highest BCUT2D eigenvalue weighted by Gasteiger charge is 2.17. The highest BCUT2D eigenvalue weighted by Crippen LogP contribution is 2.24. The molecule has 7 nitrogen and oxygen atoms in total. The standard InChI is InChI=1S/C24H25NO6/c1-24(2,3)17-8-5-15(6-9-17)22(27)30-18-10-7-16-13-19(21(26)25-11-12-29-4)23(28)31-20(16)14-18/h5-10,13-14H,11-12H2,1-4H3,(H,25,26). The Morgan fingerprint density at radius 3 is 2.39 bits per heavy atom. The minimum absolute atomic E-state index is 0.0160. The fourth-order valence-electron chi connectivity index (χ4n) is 2.95. The molecule has 0 unspecified atom stereocenters. The van der Waals surface area contributed by atoms with Crippen molar-refractivity contribution in [3.63, 3.8) is 0 Å². The summed E-state index contributed by atoms with van der Waals surface area (Å²) in [5.74, 6) is -0.823. The molecule has 0 fully saturated rings. The Bertz CT molecular complexity index is 1160. The van der Waals surface area contributed by atoms with Gasteiger partial charge >= 0.3 is 11.6 Å². The number of nitrogens with one attached hydrogen (secondary N) is 1. The molecule has 1 heterocycles. The van der Waals surface area contributed by atoms with Crippen molar-refractivity contribution in [2.24, 2.45) is 0 Å². The van der Waals surface area contributed by atoms with Crippen LogP contribution in [0.5, 0.6) is 5.75 Å². The lowest BCUT2D eigenvalue weighted by Gasteiger charge is -2.18. The summed E-state index contributed by atoms with van der Waals surface area (Å²) in [7, 11) is 1.52. The third-order valence-electron chi connectivity index (χ3n) is 4.74. The van der Waals surface area contributed by atoms with Crippen LogP contribution in [0.25, 0.3) is 11.0 Å². The molecule has 162 valence electrons. The van der Waals surface area contributed by atoms with E-state index in [1.165, 1.54) is 19.2 Å². The highest BCUT2D eigenvalue weighted by molar-refractivity contribution is 5.97. The average molecular weight is 423 g/mol. The fraction of sp³-hybridized carbons (Fsp3) is 0.292. The van der Waals surface area contributed by atoms with Gasteiger partial charge in [-0.05, 0) is 41.3 Å². The lowest BCUT2D eigenvalue weighted by Crippen LogP contribution is -2.30. The predicted octanol–water partition coefficient (Wildman–Crippen LogP) is 3.69. The van der Waals surface area contributed by atoms with Gasteiger partial charge in [0.2, 0.25) is 0 Å². The van der Waals surface area contributed by atoms with Crippen LogP contribution in [-0.4, -0.2) is 32.1 Å². The number of esters is 1. The first kappa shape index (κ1) is 22.2. The summed E-state index contributed by atoms with van der Waals surface area (Å²) in [5, 5.41) is 3.11. The van der Waals surface area contributed by atoms with E-state index in [-0.39, 0.29) is 28.9 Å². The van der Waals surface area contributed by atoms with Crippen molar-refractivity contribution >= 4 is 22.8 Å². The maximum atomic E-state index is 12.5. The van der Waals surface area contributed by atoms with Crippen molar-refractivity contribution in [3.05, 3.63) is 75.6 Å². The Morgan fingerprint density at radius 2 is 1.74 bits per heavy atom. The molecule has 1 aromatic heterocycles. The van der Waals surface area contributed by atoms with Gasteiger partial charge in [0.05, 0.1) is 12.2 Å². The van der Waals surface area contributed by atoms with E-state index in [0.717, 1.165) is 5.56 Å². The second kappa shape index (κ2) is 9.14. The van der Waals surface area contributed by atoms with E-state index < -0.39 is 17.5 Å². The van der Waals surface area contributed by atoms with E-state index in [9.17, 15) is 14.4 Å². The van der Waals surface area contributed by atoms with Gasteiger partial charge in [-0.25, -0.2) is 9.59 Å². The first-order chi connectivity index (χ1) is 14.7. The zero-order valence-corrected chi connectivity index (χ0v) is 18.0. The van der Waals surface area contributed by atoms with E-state index in [2.05, 4.69) is 26.1 Å². The zero-order valence-electron chi connectivity index (χ0n) is 18.0. The molecule has 2 aromatic carbocycles. The number of hydrogen-bond acceptors (Lipinski definition) is 6. The second-order valence-corrected chi connectivity index (χ2v) is 8.11. The van der Waals surface area contributed by atoms with Crippen molar-refractivity contribution in [2.75, 3.05) is 20.3 Å². The third-order valence-corrected chi connectivity index (χ3v) is 4.74. The summed E-state index contributed by atoms with van der Waals surface area (Å²) in [6.07, 6.45) is 0. The summed E-state index contributed by atoms with van der Waals surface area (Å²) >= 11 is 0. The number of amides is 1. The molecular weight excluding hydrogens is 398 g/mol. The molecule has 0 saturated heterocycles. The lowest BCUT2D eigenvalue weighted by molar-refractivity contribution is 0.0734. The molecule has 0 aliphatic rings. The van der Waals surface area contributed by atoms with Gasteiger partial charge in [0.25, 0.3) is 5.91 Å². The van der Waals surface area contributed by atoms with Gasteiger partial charge in [0, 0.05) is 25.1 Å². The smallest absolute Gasteiger partial charge is 0.349 e. The largest absolute Gasteiger partial charge is 0.423 e. The van der Waals surface area contributed by atoms with Crippen molar-refractivity contribution in [3.8, 4) is 5.75 Å². The molecule has 3 aromatic rings. The Morgan fingerprint density at radius 1 is 1.03 bits per heavy atom. The summed E-state index contributed by atoms with van der Waals surface area (Å²) < 4.78 is 15.6. The minimum Gasteiger partial charge on any atom is -0.423 e. The molecule has 1 N–H and O–H groups in total. The van der Waals surface area contributed by atoms with Crippen molar-refractivity contribution in [2.45, 2.75) is 26.2 Å². The number of ether oxygens (including phenoxy) is 2. The third kappa shape index (κ3) is 5.38. The SMILES string of the molecule is COCCNC(=O)c1cc2ccc(OC(=O)c3ccc(C(C)(C)C)cc3)cc2oc1=O. The Hall–Kier alpha value is -3.45. The zero-order chi connectivity index (χ0) is 22.6. The number of methoxy groups -OCH3 is 1. The fourth-order valence-corrected chi connectivity index (χ4v) is 2.95. The van der Waals surface area contributed by atoms with E-state index >= 15 is 0 Å². The molecule has 31 heavy (non-hydrogen) atoms. The molecular formula is C24H25NO6. The Labute approximate surface area is 180 Å². The van der Waals surface area contributed by atoms with Crippen molar-refractivity contribution < 1.29 is 23.5 Å². The van der Waals surface area contributed by atoms with Crippen LogP contribution in [0, 0.1) is 0 Å². The summed E-state index contributed by atoms with van der Waals surface area (Å²) in [4.78, 5) is 36.8. The molecule has 7 heteroatoms.